The summed E-state index contributed by atoms with van der Waals surface area (Å²) in [5.41, 5.74) is -0.306. The van der Waals surface area contributed by atoms with Gasteiger partial charge in [0.2, 0.25) is 0 Å². The number of rotatable bonds is 6. The van der Waals surface area contributed by atoms with E-state index >= 15 is 0 Å². The molecule has 112 valence electrons. The molecule has 0 fully saturated rings. The molecule has 1 aromatic rings. The molecular formula is C15H23NO4. The van der Waals surface area contributed by atoms with Gasteiger partial charge >= 0.3 is 6.09 Å². The van der Waals surface area contributed by atoms with Crippen molar-refractivity contribution < 1.29 is 19.0 Å². The van der Waals surface area contributed by atoms with Crippen molar-refractivity contribution in [2.24, 2.45) is 0 Å². The van der Waals surface area contributed by atoms with E-state index in [0.717, 1.165) is 0 Å². The first-order chi connectivity index (χ1) is 9.42. The van der Waals surface area contributed by atoms with E-state index in [2.05, 4.69) is 5.32 Å². The van der Waals surface area contributed by atoms with Crippen molar-refractivity contribution in [2.75, 3.05) is 19.8 Å². The molecular weight excluding hydrogens is 258 g/mol. The van der Waals surface area contributed by atoms with Crippen LogP contribution in [0.25, 0.3) is 0 Å². The minimum atomic E-state index is -0.445. The van der Waals surface area contributed by atoms with Crippen LogP contribution in [-0.2, 0) is 4.74 Å². The molecule has 0 heterocycles. The van der Waals surface area contributed by atoms with E-state index in [1.807, 2.05) is 52.0 Å². The highest BCUT2D eigenvalue weighted by Gasteiger charge is 2.14. The van der Waals surface area contributed by atoms with E-state index in [9.17, 15) is 4.79 Å². The van der Waals surface area contributed by atoms with Gasteiger partial charge in [0.25, 0.3) is 0 Å². The molecule has 0 aliphatic rings. The number of carbonyl (C=O) groups is 1. The summed E-state index contributed by atoms with van der Waals surface area (Å²) in [6, 6.07) is 7.41. The lowest BCUT2D eigenvalue weighted by atomic mass is 10.1. The Kier molecular flexibility index (Phi) is 6.15. The first-order valence-corrected chi connectivity index (χ1v) is 6.72. The lowest BCUT2D eigenvalue weighted by Crippen LogP contribution is -2.41. The van der Waals surface area contributed by atoms with Gasteiger partial charge in [-0.05, 0) is 39.8 Å². The molecule has 5 heteroatoms. The van der Waals surface area contributed by atoms with E-state index in [1.165, 1.54) is 0 Å². The van der Waals surface area contributed by atoms with Crippen molar-refractivity contribution in [1.82, 2.24) is 5.32 Å². The van der Waals surface area contributed by atoms with Gasteiger partial charge in [-0.25, -0.2) is 4.79 Å². The van der Waals surface area contributed by atoms with E-state index < -0.39 is 6.09 Å². The molecule has 0 radical (unpaired) electrons. The van der Waals surface area contributed by atoms with Gasteiger partial charge in [0.05, 0.1) is 6.61 Å². The van der Waals surface area contributed by atoms with Gasteiger partial charge in [-0.3, -0.25) is 0 Å². The van der Waals surface area contributed by atoms with Crippen LogP contribution in [0.5, 0.6) is 11.5 Å². The van der Waals surface area contributed by atoms with Crippen molar-refractivity contribution in [3.63, 3.8) is 0 Å². The number of ether oxygens (including phenoxy) is 3. The normalized spacial score (nSPS) is 10.8. The molecule has 1 amide bonds. The number of hydrogen-bond donors (Lipinski definition) is 1. The second-order valence-electron chi connectivity index (χ2n) is 5.24. The fourth-order valence-corrected chi connectivity index (χ4v) is 1.47. The highest BCUT2D eigenvalue weighted by molar-refractivity contribution is 5.68. The molecule has 5 nitrogen and oxygen atoms in total. The fourth-order valence-electron chi connectivity index (χ4n) is 1.47. The molecule has 1 N–H and O–H groups in total. The molecule has 0 spiro atoms. The minimum Gasteiger partial charge on any atom is -0.490 e. The Morgan fingerprint density at radius 2 is 1.70 bits per heavy atom. The molecule has 0 aromatic heterocycles. The highest BCUT2D eigenvalue weighted by Crippen LogP contribution is 2.26. The second kappa shape index (κ2) is 7.62. The van der Waals surface area contributed by atoms with Gasteiger partial charge in [0, 0.05) is 5.54 Å². The van der Waals surface area contributed by atoms with Crippen molar-refractivity contribution in [1.29, 1.82) is 0 Å². The first-order valence-electron chi connectivity index (χ1n) is 6.72. The van der Waals surface area contributed by atoms with Crippen molar-refractivity contribution in [2.45, 2.75) is 33.2 Å². The van der Waals surface area contributed by atoms with Crippen molar-refractivity contribution >= 4 is 6.09 Å². The number of nitrogens with one attached hydrogen (secondary N) is 1. The van der Waals surface area contributed by atoms with Gasteiger partial charge in [-0.15, -0.1) is 0 Å². The Labute approximate surface area is 120 Å². The Morgan fingerprint density at radius 1 is 1.10 bits per heavy atom. The molecule has 20 heavy (non-hydrogen) atoms. The maximum absolute atomic E-state index is 11.4. The van der Waals surface area contributed by atoms with Gasteiger partial charge in [-0.1, -0.05) is 12.1 Å². The van der Waals surface area contributed by atoms with Crippen LogP contribution in [0.2, 0.25) is 0 Å². The zero-order valence-electron chi connectivity index (χ0n) is 12.6. The quantitative estimate of drug-likeness (QED) is 0.814. The third-order valence-electron chi connectivity index (χ3n) is 2.20. The predicted molar refractivity (Wildman–Crippen MR) is 77.3 cm³/mol. The van der Waals surface area contributed by atoms with Crippen LogP contribution in [0, 0.1) is 0 Å². The molecule has 0 aliphatic carbocycles. The largest absolute Gasteiger partial charge is 0.490 e. The summed E-state index contributed by atoms with van der Waals surface area (Å²) >= 11 is 0. The zero-order valence-corrected chi connectivity index (χ0v) is 12.6. The van der Waals surface area contributed by atoms with Crippen molar-refractivity contribution in [3.05, 3.63) is 24.3 Å². The Morgan fingerprint density at radius 3 is 2.25 bits per heavy atom. The summed E-state index contributed by atoms with van der Waals surface area (Å²) in [7, 11) is 0. The standard InChI is InChI=1S/C15H23NO4/c1-5-18-12-8-6-7-9-13(12)19-10-11-20-14(17)16-15(2,3)4/h6-9H,5,10-11H2,1-4H3,(H,16,17). The number of alkyl carbamates (subject to hydrolysis) is 1. The van der Waals surface area contributed by atoms with Crippen LogP contribution in [-0.4, -0.2) is 31.5 Å². The minimum absolute atomic E-state index is 0.183. The number of para-hydroxylation sites is 2. The molecule has 0 saturated carbocycles. The van der Waals surface area contributed by atoms with Gasteiger partial charge in [0.1, 0.15) is 13.2 Å². The molecule has 0 saturated heterocycles. The lowest BCUT2D eigenvalue weighted by Gasteiger charge is -2.20. The highest BCUT2D eigenvalue weighted by atomic mass is 16.6. The second-order valence-corrected chi connectivity index (χ2v) is 5.24. The Hall–Kier alpha value is -1.91. The van der Waals surface area contributed by atoms with E-state index in [1.54, 1.807) is 0 Å². The third-order valence-corrected chi connectivity index (χ3v) is 2.20. The smallest absolute Gasteiger partial charge is 0.407 e. The average molecular weight is 281 g/mol. The third kappa shape index (κ3) is 6.31. The SMILES string of the molecule is CCOc1ccccc1OCCOC(=O)NC(C)(C)C. The van der Waals surface area contributed by atoms with Crippen LogP contribution >= 0.6 is 0 Å². The maximum Gasteiger partial charge on any atom is 0.407 e. The van der Waals surface area contributed by atoms with Gasteiger partial charge in [-0.2, -0.15) is 0 Å². The summed E-state index contributed by atoms with van der Waals surface area (Å²) in [5.74, 6) is 1.34. The van der Waals surface area contributed by atoms with Crippen LogP contribution < -0.4 is 14.8 Å². The van der Waals surface area contributed by atoms with Crippen LogP contribution in [0.15, 0.2) is 24.3 Å². The van der Waals surface area contributed by atoms with E-state index in [-0.39, 0.29) is 18.8 Å². The molecule has 0 atom stereocenters. The number of hydrogen-bond acceptors (Lipinski definition) is 4. The molecule has 0 aliphatic heterocycles. The summed E-state index contributed by atoms with van der Waals surface area (Å²) in [6.45, 7) is 8.63. The van der Waals surface area contributed by atoms with Crippen molar-refractivity contribution in [3.8, 4) is 11.5 Å². The molecule has 1 aromatic carbocycles. The van der Waals surface area contributed by atoms with Gasteiger partial charge in [0.15, 0.2) is 11.5 Å². The monoisotopic (exact) mass is 281 g/mol. The fraction of sp³-hybridized carbons (Fsp3) is 0.533. The molecule has 0 unspecified atom stereocenters. The first kappa shape index (κ1) is 16.1. The summed E-state index contributed by atoms with van der Waals surface area (Å²) in [5, 5.41) is 2.71. The summed E-state index contributed by atoms with van der Waals surface area (Å²) < 4.78 is 16.0. The van der Waals surface area contributed by atoms with Gasteiger partial charge < -0.3 is 19.5 Å². The van der Waals surface area contributed by atoms with Crippen LogP contribution in [0.4, 0.5) is 4.79 Å². The molecule has 0 bridgehead atoms. The van der Waals surface area contributed by atoms with E-state index in [0.29, 0.717) is 18.1 Å². The number of benzene rings is 1. The summed E-state index contributed by atoms with van der Waals surface area (Å²) in [6.07, 6.45) is -0.445. The van der Waals surface area contributed by atoms with Crippen LogP contribution in [0.3, 0.4) is 0 Å². The lowest BCUT2D eigenvalue weighted by molar-refractivity contribution is 0.117. The topological polar surface area (TPSA) is 56.8 Å². The number of amides is 1. The molecule has 1 rings (SSSR count). The maximum atomic E-state index is 11.4. The number of carbonyl (C=O) groups excluding carboxylic acids is 1. The van der Waals surface area contributed by atoms with E-state index in [4.69, 9.17) is 14.2 Å². The zero-order chi connectivity index (χ0) is 15.0. The Balaban J connectivity index is 2.33. The average Bonchev–Trinajstić information content (AvgIpc) is 2.34. The predicted octanol–water partition coefficient (Wildman–Crippen LogP) is 2.99. The van der Waals surface area contributed by atoms with Crippen LogP contribution in [0.1, 0.15) is 27.7 Å². The Bertz CT molecular complexity index is 426. The summed E-state index contributed by atoms with van der Waals surface area (Å²) in [4.78, 5) is 11.4.